The van der Waals surface area contributed by atoms with Gasteiger partial charge in [-0.1, -0.05) is 82.2 Å². The average Bonchev–Trinajstić information content (AvgIpc) is 3.42. The number of para-hydroxylation sites is 1. The highest BCUT2D eigenvalue weighted by Crippen LogP contribution is 2.28. The van der Waals surface area contributed by atoms with E-state index in [0.29, 0.717) is 6.61 Å². The molecule has 1 saturated heterocycles. The number of benzene rings is 1. The van der Waals surface area contributed by atoms with Gasteiger partial charge in [-0.2, -0.15) is 0 Å². The van der Waals surface area contributed by atoms with Gasteiger partial charge in [0.25, 0.3) is 0 Å². The predicted molar refractivity (Wildman–Crippen MR) is 116 cm³/mol. The predicted octanol–water partition coefficient (Wildman–Crippen LogP) is 7.26. The summed E-state index contributed by atoms with van der Waals surface area (Å²) in [5.74, 6) is 1.03. The zero-order chi connectivity index (χ0) is 19.2. The fourth-order valence-corrected chi connectivity index (χ4v) is 3.33. The Balaban J connectivity index is 1.49. The van der Waals surface area contributed by atoms with Crippen molar-refractivity contribution in [2.75, 3.05) is 13.2 Å². The molecule has 152 valence electrons. The summed E-state index contributed by atoms with van der Waals surface area (Å²) >= 11 is 0. The maximum absolute atomic E-state index is 5.98. The van der Waals surface area contributed by atoms with Crippen LogP contribution in [0.2, 0.25) is 0 Å². The number of unbranched alkanes of at least 4 members (excludes halogenated alkanes) is 9. The van der Waals surface area contributed by atoms with Crippen LogP contribution in [0.15, 0.2) is 36.4 Å². The number of hydrogen-bond donors (Lipinski definition) is 0. The third-order valence-corrected chi connectivity index (χ3v) is 5.35. The van der Waals surface area contributed by atoms with Crippen LogP contribution in [0, 0.1) is 0 Å². The first kappa shape index (κ1) is 22.0. The Bertz CT molecular complexity index is 531. The van der Waals surface area contributed by atoms with Gasteiger partial charge < -0.3 is 9.47 Å². The first-order chi connectivity index (χ1) is 13.2. The average molecular weight is 373 g/mol. The molecular weight excluding hydrogens is 332 g/mol. The topological polar surface area (TPSA) is 21.8 Å². The van der Waals surface area contributed by atoms with Gasteiger partial charge in [-0.05, 0) is 50.7 Å². The SMILES string of the molecule is CCCCCCCCCC/C=C/CCCc1ccccc1OCC1(C)CO1. The van der Waals surface area contributed by atoms with Crippen molar-refractivity contribution in [3.05, 3.63) is 42.0 Å². The van der Waals surface area contributed by atoms with Gasteiger partial charge in [0.15, 0.2) is 0 Å². The van der Waals surface area contributed by atoms with E-state index in [1.807, 2.05) is 0 Å². The second-order valence-corrected chi connectivity index (χ2v) is 8.26. The lowest BCUT2D eigenvalue weighted by atomic mass is 10.1. The highest BCUT2D eigenvalue weighted by atomic mass is 16.6. The Hall–Kier alpha value is -1.28. The van der Waals surface area contributed by atoms with Gasteiger partial charge in [-0.3, -0.25) is 0 Å². The summed E-state index contributed by atoms with van der Waals surface area (Å²) in [4.78, 5) is 0. The molecule has 0 amide bonds. The molecule has 0 bridgehead atoms. The van der Waals surface area contributed by atoms with Crippen molar-refractivity contribution in [3.63, 3.8) is 0 Å². The summed E-state index contributed by atoms with van der Waals surface area (Å²) in [6, 6.07) is 8.43. The van der Waals surface area contributed by atoms with E-state index in [0.717, 1.165) is 25.2 Å². The standard InChI is InChI=1S/C25H40O2/c1-3-4-5-6-7-8-9-10-11-12-13-14-15-18-23-19-16-17-20-24(23)26-21-25(2)22-27-25/h12-13,16-17,19-20H,3-11,14-15,18,21-22H2,1-2H3/b13-12+. The van der Waals surface area contributed by atoms with Crippen LogP contribution in [-0.2, 0) is 11.2 Å². The third-order valence-electron chi connectivity index (χ3n) is 5.35. The van der Waals surface area contributed by atoms with E-state index in [9.17, 15) is 0 Å². The van der Waals surface area contributed by atoms with E-state index in [2.05, 4.69) is 50.3 Å². The van der Waals surface area contributed by atoms with Crippen LogP contribution in [0.5, 0.6) is 5.75 Å². The molecule has 0 aliphatic carbocycles. The fraction of sp³-hybridized carbons (Fsp3) is 0.680. The first-order valence-corrected chi connectivity index (χ1v) is 11.2. The van der Waals surface area contributed by atoms with Gasteiger partial charge in [0, 0.05) is 0 Å². The van der Waals surface area contributed by atoms with Crippen molar-refractivity contribution in [3.8, 4) is 5.75 Å². The normalized spacial score (nSPS) is 18.9. The van der Waals surface area contributed by atoms with Crippen molar-refractivity contribution in [2.24, 2.45) is 0 Å². The number of ether oxygens (including phenoxy) is 2. The van der Waals surface area contributed by atoms with Gasteiger partial charge in [0.2, 0.25) is 0 Å². The molecule has 1 aliphatic heterocycles. The summed E-state index contributed by atoms with van der Waals surface area (Å²) in [7, 11) is 0. The smallest absolute Gasteiger partial charge is 0.123 e. The minimum Gasteiger partial charge on any atom is -0.490 e. The monoisotopic (exact) mass is 372 g/mol. The number of epoxide rings is 1. The number of aryl methyl sites for hydroxylation is 1. The van der Waals surface area contributed by atoms with Gasteiger partial charge in [-0.15, -0.1) is 0 Å². The molecule has 2 rings (SSSR count). The Morgan fingerprint density at radius 3 is 2.26 bits per heavy atom. The van der Waals surface area contributed by atoms with Crippen molar-refractivity contribution in [1.29, 1.82) is 0 Å². The first-order valence-electron chi connectivity index (χ1n) is 11.2. The van der Waals surface area contributed by atoms with Gasteiger partial charge in [0.1, 0.15) is 18.0 Å². The summed E-state index contributed by atoms with van der Waals surface area (Å²) in [5, 5.41) is 0. The summed E-state index contributed by atoms with van der Waals surface area (Å²) in [6.07, 6.45) is 20.6. The summed E-state index contributed by atoms with van der Waals surface area (Å²) in [5.41, 5.74) is 1.27. The molecule has 0 saturated carbocycles. The van der Waals surface area contributed by atoms with Crippen LogP contribution < -0.4 is 4.74 Å². The molecular formula is C25H40O2. The van der Waals surface area contributed by atoms with Crippen molar-refractivity contribution in [1.82, 2.24) is 0 Å². The molecule has 1 aliphatic rings. The molecule has 2 heteroatoms. The van der Waals surface area contributed by atoms with Gasteiger partial charge in [-0.25, -0.2) is 0 Å². The quantitative estimate of drug-likeness (QED) is 0.173. The van der Waals surface area contributed by atoms with Crippen LogP contribution in [-0.4, -0.2) is 18.8 Å². The van der Waals surface area contributed by atoms with E-state index < -0.39 is 0 Å². The zero-order valence-electron chi connectivity index (χ0n) is 17.7. The van der Waals surface area contributed by atoms with Crippen LogP contribution in [0.1, 0.15) is 90.0 Å². The number of rotatable bonds is 16. The van der Waals surface area contributed by atoms with E-state index in [4.69, 9.17) is 9.47 Å². The molecule has 27 heavy (non-hydrogen) atoms. The maximum atomic E-state index is 5.98. The van der Waals surface area contributed by atoms with Crippen LogP contribution >= 0.6 is 0 Å². The van der Waals surface area contributed by atoms with Crippen molar-refractivity contribution >= 4 is 0 Å². The van der Waals surface area contributed by atoms with Crippen LogP contribution in [0.3, 0.4) is 0 Å². The molecule has 1 atom stereocenters. The van der Waals surface area contributed by atoms with E-state index >= 15 is 0 Å². The zero-order valence-corrected chi connectivity index (χ0v) is 17.7. The maximum Gasteiger partial charge on any atom is 0.123 e. The minimum atomic E-state index is -0.0502. The molecule has 1 unspecified atom stereocenters. The molecule has 0 N–H and O–H groups in total. The number of hydrogen-bond acceptors (Lipinski definition) is 2. The van der Waals surface area contributed by atoms with Crippen LogP contribution in [0.4, 0.5) is 0 Å². The second-order valence-electron chi connectivity index (χ2n) is 8.26. The molecule has 2 nitrogen and oxygen atoms in total. The van der Waals surface area contributed by atoms with Crippen LogP contribution in [0.25, 0.3) is 0 Å². The Labute approximate surface area is 167 Å². The Morgan fingerprint density at radius 2 is 1.56 bits per heavy atom. The van der Waals surface area contributed by atoms with E-state index in [1.165, 1.54) is 69.8 Å². The van der Waals surface area contributed by atoms with Crippen molar-refractivity contribution < 1.29 is 9.47 Å². The molecule has 1 fully saturated rings. The molecule has 0 spiro atoms. The minimum absolute atomic E-state index is 0.0502. The molecule has 1 aromatic rings. The third kappa shape index (κ3) is 10.0. The van der Waals surface area contributed by atoms with Gasteiger partial charge >= 0.3 is 0 Å². The molecule has 1 aromatic carbocycles. The summed E-state index contributed by atoms with van der Waals surface area (Å²) < 4.78 is 11.4. The highest BCUT2D eigenvalue weighted by molar-refractivity contribution is 5.33. The van der Waals surface area contributed by atoms with E-state index in [-0.39, 0.29) is 5.60 Å². The molecule has 0 aromatic heterocycles. The lowest BCUT2D eigenvalue weighted by Gasteiger charge is -2.12. The fourth-order valence-electron chi connectivity index (χ4n) is 3.33. The largest absolute Gasteiger partial charge is 0.490 e. The highest BCUT2D eigenvalue weighted by Gasteiger charge is 2.40. The summed E-state index contributed by atoms with van der Waals surface area (Å²) in [6.45, 7) is 5.86. The van der Waals surface area contributed by atoms with Gasteiger partial charge in [0.05, 0.1) is 6.61 Å². The van der Waals surface area contributed by atoms with Crippen molar-refractivity contribution in [2.45, 2.75) is 96.5 Å². The lowest BCUT2D eigenvalue weighted by Crippen LogP contribution is -2.17. The number of allylic oxidation sites excluding steroid dienone is 2. The second kappa shape index (κ2) is 13.0. The Morgan fingerprint density at radius 1 is 0.926 bits per heavy atom. The lowest BCUT2D eigenvalue weighted by molar-refractivity contribution is 0.201. The molecule has 0 radical (unpaired) electrons. The van der Waals surface area contributed by atoms with E-state index in [1.54, 1.807) is 0 Å². The molecule has 1 heterocycles. The Kier molecular flexibility index (Phi) is 10.6.